The van der Waals surface area contributed by atoms with Crippen molar-refractivity contribution in [1.29, 1.82) is 5.26 Å². The molecule has 1 aromatic carbocycles. The molecule has 2 aromatic rings. The summed E-state index contributed by atoms with van der Waals surface area (Å²) in [6, 6.07) is 10.1. The topological polar surface area (TPSA) is 54.7 Å². The Labute approximate surface area is 182 Å². The standard InChI is InChI=1S/C24H27N5S/c1-4-26-17(2)21-16-30-23-18(3)29(15-20-11-7-6-10-19(20)14-25)24(27-22(21)23)28-12-8-5-9-13-28/h6-7,10-11,16,26H,2-5,8-9,12-13,15H2,1H3. The Bertz CT molecular complexity index is 1040. The SMILES string of the molecule is C=C(NCC)c1csc2c1N=C(N1CCCCC1)N(Cc1ccccc1C#N)C2=C. The first-order valence-electron chi connectivity index (χ1n) is 10.5. The molecule has 0 spiro atoms. The summed E-state index contributed by atoms with van der Waals surface area (Å²) in [4.78, 5) is 10.8. The van der Waals surface area contributed by atoms with Crippen molar-refractivity contribution < 1.29 is 0 Å². The first-order chi connectivity index (χ1) is 14.6. The van der Waals surface area contributed by atoms with Crippen LogP contribution in [-0.2, 0) is 6.54 Å². The predicted octanol–water partition coefficient (Wildman–Crippen LogP) is 5.16. The van der Waals surface area contributed by atoms with Crippen LogP contribution in [0.15, 0.2) is 47.8 Å². The average Bonchev–Trinajstić information content (AvgIpc) is 3.21. The maximum atomic E-state index is 9.55. The van der Waals surface area contributed by atoms with Gasteiger partial charge in [0.1, 0.15) is 0 Å². The number of hydrogen-bond acceptors (Lipinski definition) is 6. The molecular weight excluding hydrogens is 390 g/mol. The highest BCUT2D eigenvalue weighted by molar-refractivity contribution is 7.12. The molecule has 0 unspecified atom stereocenters. The van der Waals surface area contributed by atoms with Crippen LogP contribution in [0, 0.1) is 11.3 Å². The van der Waals surface area contributed by atoms with Crippen molar-refractivity contribution in [2.45, 2.75) is 32.7 Å². The van der Waals surface area contributed by atoms with Crippen LogP contribution < -0.4 is 5.32 Å². The van der Waals surface area contributed by atoms with Gasteiger partial charge in [-0.25, -0.2) is 4.99 Å². The molecule has 30 heavy (non-hydrogen) atoms. The van der Waals surface area contributed by atoms with Gasteiger partial charge in [0.15, 0.2) is 0 Å². The summed E-state index contributed by atoms with van der Waals surface area (Å²) >= 11 is 1.65. The Balaban J connectivity index is 1.77. The van der Waals surface area contributed by atoms with Crippen molar-refractivity contribution in [1.82, 2.24) is 15.1 Å². The number of likely N-dealkylation sites (tertiary alicyclic amines) is 1. The van der Waals surface area contributed by atoms with Crippen LogP contribution in [0.2, 0.25) is 0 Å². The number of nitriles is 1. The van der Waals surface area contributed by atoms with Crippen molar-refractivity contribution in [2.75, 3.05) is 19.6 Å². The van der Waals surface area contributed by atoms with Crippen LogP contribution in [0.4, 0.5) is 5.69 Å². The molecule has 154 valence electrons. The number of guanidine groups is 1. The third-order valence-electron chi connectivity index (χ3n) is 5.63. The number of hydrogen-bond donors (Lipinski definition) is 1. The third-order valence-corrected chi connectivity index (χ3v) is 6.64. The van der Waals surface area contributed by atoms with Gasteiger partial charge in [-0.3, -0.25) is 0 Å². The quantitative estimate of drug-likeness (QED) is 0.730. The second-order valence-electron chi connectivity index (χ2n) is 7.60. The number of nitrogens with one attached hydrogen (secondary N) is 1. The number of aliphatic imine (C=N–C) groups is 1. The summed E-state index contributed by atoms with van der Waals surface area (Å²) in [5.41, 5.74) is 5.53. The molecule has 0 amide bonds. The van der Waals surface area contributed by atoms with E-state index in [1.165, 1.54) is 19.3 Å². The molecule has 5 nitrogen and oxygen atoms in total. The molecule has 0 atom stereocenters. The van der Waals surface area contributed by atoms with Crippen LogP contribution in [0.3, 0.4) is 0 Å². The number of fused-ring (bicyclic) bond motifs is 1. The Kier molecular flexibility index (Phi) is 5.91. The Morgan fingerprint density at radius 3 is 2.77 bits per heavy atom. The van der Waals surface area contributed by atoms with E-state index in [9.17, 15) is 5.26 Å². The number of nitrogens with zero attached hydrogens (tertiary/aromatic N) is 4. The second kappa shape index (κ2) is 8.76. The Hall–Kier alpha value is -3.04. The molecule has 0 saturated carbocycles. The number of rotatable bonds is 5. The number of piperidine rings is 1. The lowest BCUT2D eigenvalue weighted by Gasteiger charge is -2.39. The van der Waals surface area contributed by atoms with Gasteiger partial charge in [0.2, 0.25) is 5.96 Å². The Morgan fingerprint density at radius 2 is 2.03 bits per heavy atom. The summed E-state index contributed by atoms with van der Waals surface area (Å²) in [6.07, 6.45) is 3.59. The maximum absolute atomic E-state index is 9.55. The molecule has 1 aromatic heterocycles. The number of thiophene rings is 1. The largest absolute Gasteiger partial charge is 0.385 e. The zero-order chi connectivity index (χ0) is 21.1. The predicted molar refractivity (Wildman–Crippen MR) is 125 cm³/mol. The van der Waals surface area contributed by atoms with Gasteiger partial charge in [-0.05, 0) is 37.8 Å². The molecule has 1 saturated heterocycles. The molecule has 6 heteroatoms. The summed E-state index contributed by atoms with van der Waals surface area (Å²) in [6.45, 7) is 14.1. The molecule has 0 radical (unpaired) electrons. The van der Waals surface area contributed by atoms with Crippen LogP contribution in [0.25, 0.3) is 11.4 Å². The van der Waals surface area contributed by atoms with E-state index in [2.05, 4.69) is 46.6 Å². The first kappa shape index (κ1) is 20.2. The van der Waals surface area contributed by atoms with E-state index in [0.29, 0.717) is 12.1 Å². The van der Waals surface area contributed by atoms with E-state index in [1.54, 1.807) is 11.3 Å². The van der Waals surface area contributed by atoms with Crippen molar-refractivity contribution >= 4 is 34.4 Å². The highest BCUT2D eigenvalue weighted by Gasteiger charge is 2.31. The van der Waals surface area contributed by atoms with Crippen molar-refractivity contribution in [2.24, 2.45) is 4.99 Å². The zero-order valence-corrected chi connectivity index (χ0v) is 18.3. The summed E-state index contributed by atoms with van der Waals surface area (Å²) < 4.78 is 0. The fourth-order valence-corrected chi connectivity index (χ4v) is 5.04. The lowest BCUT2D eigenvalue weighted by molar-refractivity contribution is 0.306. The minimum Gasteiger partial charge on any atom is -0.385 e. The van der Waals surface area contributed by atoms with E-state index in [4.69, 9.17) is 4.99 Å². The number of benzene rings is 1. The normalized spacial score (nSPS) is 16.0. The van der Waals surface area contributed by atoms with E-state index < -0.39 is 0 Å². The lowest BCUT2D eigenvalue weighted by Crippen LogP contribution is -2.46. The minimum atomic E-state index is 0.582. The highest BCUT2D eigenvalue weighted by atomic mass is 32.1. The first-order valence-corrected chi connectivity index (χ1v) is 11.3. The summed E-state index contributed by atoms with van der Waals surface area (Å²) in [7, 11) is 0. The average molecular weight is 418 g/mol. The van der Waals surface area contributed by atoms with E-state index in [1.807, 2.05) is 24.3 Å². The maximum Gasteiger partial charge on any atom is 0.206 e. The van der Waals surface area contributed by atoms with Gasteiger partial charge in [0.25, 0.3) is 0 Å². The van der Waals surface area contributed by atoms with Crippen LogP contribution in [0.5, 0.6) is 0 Å². The van der Waals surface area contributed by atoms with Crippen molar-refractivity contribution in [3.05, 3.63) is 64.4 Å². The molecule has 1 N–H and O–H groups in total. The molecule has 2 aliphatic rings. The molecule has 0 bridgehead atoms. The van der Waals surface area contributed by atoms with Gasteiger partial charge in [-0.15, -0.1) is 11.3 Å². The van der Waals surface area contributed by atoms with Gasteiger partial charge in [-0.2, -0.15) is 5.26 Å². The Morgan fingerprint density at radius 1 is 1.27 bits per heavy atom. The lowest BCUT2D eigenvalue weighted by atomic mass is 10.1. The third kappa shape index (κ3) is 3.73. The fraction of sp³-hybridized carbons (Fsp3) is 0.333. The van der Waals surface area contributed by atoms with Gasteiger partial charge in [0.05, 0.1) is 34.4 Å². The summed E-state index contributed by atoms with van der Waals surface area (Å²) in [5.74, 6) is 0.934. The van der Waals surface area contributed by atoms with E-state index >= 15 is 0 Å². The molecular formula is C24H27N5S. The minimum absolute atomic E-state index is 0.582. The van der Waals surface area contributed by atoms with E-state index in [-0.39, 0.29) is 0 Å². The van der Waals surface area contributed by atoms with Gasteiger partial charge in [0, 0.05) is 36.3 Å². The van der Waals surface area contributed by atoms with Crippen LogP contribution >= 0.6 is 11.3 Å². The zero-order valence-electron chi connectivity index (χ0n) is 17.4. The molecule has 1 fully saturated rings. The van der Waals surface area contributed by atoms with Crippen LogP contribution in [-0.4, -0.2) is 35.4 Å². The van der Waals surface area contributed by atoms with Crippen LogP contribution in [0.1, 0.15) is 47.8 Å². The second-order valence-corrected chi connectivity index (χ2v) is 8.48. The molecule has 2 aliphatic heterocycles. The summed E-state index contributed by atoms with van der Waals surface area (Å²) in [5, 5.41) is 15.0. The van der Waals surface area contributed by atoms with Gasteiger partial charge < -0.3 is 15.1 Å². The monoisotopic (exact) mass is 417 g/mol. The smallest absolute Gasteiger partial charge is 0.206 e. The molecule has 4 rings (SSSR count). The van der Waals surface area contributed by atoms with Gasteiger partial charge >= 0.3 is 0 Å². The van der Waals surface area contributed by atoms with Crippen molar-refractivity contribution in [3.8, 4) is 6.07 Å². The highest BCUT2D eigenvalue weighted by Crippen LogP contribution is 2.43. The fourth-order valence-electron chi connectivity index (χ4n) is 4.03. The van der Waals surface area contributed by atoms with Gasteiger partial charge in [-0.1, -0.05) is 31.4 Å². The van der Waals surface area contributed by atoms with Crippen molar-refractivity contribution in [3.63, 3.8) is 0 Å². The molecule has 3 heterocycles. The van der Waals surface area contributed by atoms with E-state index in [0.717, 1.165) is 58.7 Å². The molecule has 0 aliphatic carbocycles.